The van der Waals surface area contributed by atoms with Crippen LogP contribution in [0.1, 0.15) is 20.7 Å². The molecule has 0 fully saturated rings. The van der Waals surface area contributed by atoms with E-state index in [1.807, 2.05) is 0 Å². The first-order chi connectivity index (χ1) is 10.0. The SMILES string of the molecule is COC(=O)c1ccccc1NC(=O)c1c(F)cccc1Br. The van der Waals surface area contributed by atoms with E-state index in [4.69, 9.17) is 0 Å². The van der Waals surface area contributed by atoms with Gasteiger partial charge >= 0.3 is 5.97 Å². The average molecular weight is 352 g/mol. The molecule has 0 bridgehead atoms. The minimum absolute atomic E-state index is 0.128. The molecule has 0 radical (unpaired) electrons. The van der Waals surface area contributed by atoms with Crippen molar-refractivity contribution in [2.75, 3.05) is 12.4 Å². The average Bonchev–Trinajstić information content (AvgIpc) is 2.47. The number of carbonyl (C=O) groups is 2. The van der Waals surface area contributed by atoms with Crippen LogP contribution in [0.4, 0.5) is 10.1 Å². The summed E-state index contributed by atoms with van der Waals surface area (Å²) in [5, 5.41) is 2.51. The van der Waals surface area contributed by atoms with E-state index < -0.39 is 17.7 Å². The molecule has 0 saturated heterocycles. The number of carbonyl (C=O) groups excluding carboxylic acids is 2. The van der Waals surface area contributed by atoms with Crippen LogP contribution in [0.5, 0.6) is 0 Å². The van der Waals surface area contributed by atoms with Gasteiger partial charge in [0.15, 0.2) is 0 Å². The number of esters is 1. The van der Waals surface area contributed by atoms with Crippen molar-refractivity contribution in [3.63, 3.8) is 0 Å². The summed E-state index contributed by atoms with van der Waals surface area (Å²) in [6, 6.07) is 10.6. The first-order valence-electron chi connectivity index (χ1n) is 5.97. The molecule has 0 aliphatic carbocycles. The Labute approximate surface area is 129 Å². The third kappa shape index (κ3) is 3.28. The van der Waals surface area contributed by atoms with Gasteiger partial charge in [0.2, 0.25) is 0 Å². The van der Waals surface area contributed by atoms with Crippen LogP contribution in [-0.2, 0) is 4.74 Å². The largest absolute Gasteiger partial charge is 0.465 e. The van der Waals surface area contributed by atoms with Gasteiger partial charge in [0.05, 0.1) is 23.9 Å². The Morgan fingerprint density at radius 2 is 1.86 bits per heavy atom. The maximum atomic E-state index is 13.7. The van der Waals surface area contributed by atoms with Crippen molar-refractivity contribution in [2.45, 2.75) is 0 Å². The van der Waals surface area contributed by atoms with E-state index in [-0.39, 0.29) is 16.8 Å². The van der Waals surface area contributed by atoms with Crippen LogP contribution in [0.3, 0.4) is 0 Å². The zero-order valence-electron chi connectivity index (χ0n) is 11.0. The van der Waals surface area contributed by atoms with Crippen LogP contribution < -0.4 is 5.32 Å². The van der Waals surface area contributed by atoms with Crippen LogP contribution in [0, 0.1) is 5.82 Å². The molecule has 108 valence electrons. The summed E-state index contributed by atoms with van der Waals surface area (Å²) < 4.78 is 18.7. The molecule has 6 heteroatoms. The topological polar surface area (TPSA) is 55.4 Å². The van der Waals surface area contributed by atoms with Gasteiger partial charge in [-0.1, -0.05) is 18.2 Å². The normalized spacial score (nSPS) is 10.0. The van der Waals surface area contributed by atoms with Crippen LogP contribution >= 0.6 is 15.9 Å². The summed E-state index contributed by atoms with van der Waals surface area (Å²) >= 11 is 3.13. The Bertz CT molecular complexity index is 683. The first kappa shape index (κ1) is 15.2. The highest BCUT2D eigenvalue weighted by molar-refractivity contribution is 9.10. The number of benzene rings is 2. The fourth-order valence-electron chi connectivity index (χ4n) is 1.78. The fraction of sp³-hybridized carbons (Fsp3) is 0.0667. The van der Waals surface area contributed by atoms with Crippen molar-refractivity contribution in [2.24, 2.45) is 0 Å². The lowest BCUT2D eigenvalue weighted by Gasteiger charge is -2.11. The van der Waals surface area contributed by atoms with E-state index in [9.17, 15) is 14.0 Å². The number of ether oxygens (including phenoxy) is 1. The van der Waals surface area contributed by atoms with Crippen LogP contribution in [0.15, 0.2) is 46.9 Å². The van der Waals surface area contributed by atoms with Gasteiger partial charge in [0.25, 0.3) is 5.91 Å². The molecule has 0 saturated carbocycles. The monoisotopic (exact) mass is 351 g/mol. The number of halogens is 2. The van der Waals surface area contributed by atoms with Crippen LogP contribution in [0.2, 0.25) is 0 Å². The molecule has 2 aromatic rings. The van der Waals surface area contributed by atoms with Gasteiger partial charge in [0.1, 0.15) is 5.82 Å². The number of nitrogens with one attached hydrogen (secondary N) is 1. The maximum Gasteiger partial charge on any atom is 0.339 e. The Morgan fingerprint density at radius 1 is 1.14 bits per heavy atom. The van der Waals surface area contributed by atoms with E-state index in [1.165, 1.54) is 25.3 Å². The first-order valence-corrected chi connectivity index (χ1v) is 6.76. The Hall–Kier alpha value is -2.21. The van der Waals surface area contributed by atoms with E-state index in [2.05, 4.69) is 26.0 Å². The molecule has 0 unspecified atom stereocenters. The summed E-state index contributed by atoms with van der Waals surface area (Å²) in [6.07, 6.45) is 0. The number of amides is 1. The molecule has 4 nitrogen and oxygen atoms in total. The highest BCUT2D eigenvalue weighted by Gasteiger charge is 2.18. The lowest BCUT2D eigenvalue weighted by atomic mass is 10.1. The highest BCUT2D eigenvalue weighted by Crippen LogP contribution is 2.22. The molecule has 0 spiro atoms. The predicted molar refractivity (Wildman–Crippen MR) is 79.8 cm³/mol. The van der Waals surface area contributed by atoms with Crippen LogP contribution in [0.25, 0.3) is 0 Å². The van der Waals surface area contributed by atoms with E-state index in [0.29, 0.717) is 4.47 Å². The minimum atomic E-state index is -0.656. The molecule has 0 aromatic heterocycles. The molecule has 0 aliphatic rings. The Morgan fingerprint density at radius 3 is 2.52 bits per heavy atom. The Balaban J connectivity index is 2.35. The Kier molecular flexibility index (Phi) is 4.70. The van der Waals surface area contributed by atoms with Gasteiger partial charge in [-0.15, -0.1) is 0 Å². The number of hydrogen-bond acceptors (Lipinski definition) is 3. The van der Waals surface area contributed by atoms with Gasteiger partial charge in [-0.25, -0.2) is 9.18 Å². The second kappa shape index (κ2) is 6.49. The van der Waals surface area contributed by atoms with Gasteiger partial charge in [0, 0.05) is 4.47 Å². The molecule has 0 atom stereocenters. The minimum Gasteiger partial charge on any atom is -0.465 e. The fourth-order valence-corrected chi connectivity index (χ4v) is 2.30. The smallest absolute Gasteiger partial charge is 0.339 e. The van der Waals surface area contributed by atoms with Crippen molar-refractivity contribution in [3.8, 4) is 0 Å². The predicted octanol–water partition coefficient (Wildman–Crippen LogP) is 3.63. The molecule has 2 rings (SSSR count). The zero-order chi connectivity index (χ0) is 15.4. The number of methoxy groups -OCH3 is 1. The third-order valence-electron chi connectivity index (χ3n) is 2.77. The quantitative estimate of drug-likeness (QED) is 0.859. The van der Waals surface area contributed by atoms with E-state index in [1.54, 1.807) is 24.3 Å². The second-order valence-corrected chi connectivity index (χ2v) is 4.94. The van der Waals surface area contributed by atoms with Crippen molar-refractivity contribution in [1.82, 2.24) is 0 Å². The maximum absolute atomic E-state index is 13.7. The van der Waals surface area contributed by atoms with Gasteiger partial charge in [-0.3, -0.25) is 4.79 Å². The standard InChI is InChI=1S/C15H11BrFNO3/c1-21-15(20)9-5-2-3-8-12(9)18-14(19)13-10(16)6-4-7-11(13)17/h2-8H,1H3,(H,18,19). The van der Waals surface area contributed by atoms with Gasteiger partial charge in [-0.2, -0.15) is 0 Å². The molecule has 0 aliphatic heterocycles. The lowest BCUT2D eigenvalue weighted by molar-refractivity contribution is 0.0602. The van der Waals surface area contributed by atoms with Crippen molar-refractivity contribution in [3.05, 3.63) is 63.9 Å². The number of para-hydroxylation sites is 1. The molecule has 21 heavy (non-hydrogen) atoms. The summed E-state index contributed by atoms with van der Waals surface area (Å²) in [4.78, 5) is 23.8. The van der Waals surface area contributed by atoms with E-state index in [0.717, 1.165) is 0 Å². The lowest BCUT2D eigenvalue weighted by Crippen LogP contribution is -2.17. The van der Waals surface area contributed by atoms with Crippen molar-refractivity contribution >= 4 is 33.5 Å². The summed E-state index contributed by atoms with van der Waals surface area (Å²) in [5.41, 5.74) is 0.322. The molecule has 1 N–H and O–H groups in total. The summed E-state index contributed by atoms with van der Waals surface area (Å²) in [6.45, 7) is 0. The molecular weight excluding hydrogens is 341 g/mol. The highest BCUT2D eigenvalue weighted by atomic mass is 79.9. The molecule has 2 aromatic carbocycles. The summed E-state index contributed by atoms with van der Waals surface area (Å²) in [5.74, 6) is -1.90. The van der Waals surface area contributed by atoms with Gasteiger partial charge < -0.3 is 10.1 Å². The zero-order valence-corrected chi connectivity index (χ0v) is 12.6. The number of hydrogen-bond donors (Lipinski definition) is 1. The summed E-state index contributed by atoms with van der Waals surface area (Å²) in [7, 11) is 1.24. The van der Waals surface area contributed by atoms with Crippen molar-refractivity contribution < 1.29 is 18.7 Å². The number of rotatable bonds is 3. The molecule has 0 heterocycles. The third-order valence-corrected chi connectivity index (χ3v) is 3.43. The van der Waals surface area contributed by atoms with Crippen LogP contribution in [-0.4, -0.2) is 19.0 Å². The molecule has 1 amide bonds. The number of anilines is 1. The van der Waals surface area contributed by atoms with Gasteiger partial charge in [-0.05, 0) is 40.2 Å². The van der Waals surface area contributed by atoms with E-state index >= 15 is 0 Å². The van der Waals surface area contributed by atoms with Crippen molar-refractivity contribution in [1.29, 1.82) is 0 Å². The molecular formula is C15H11BrFNO3. The second-order valence-electron chi connectivity index (χ2n) is 4.09.